The first kappa shape index (κ1) is 22.0. The third kappa shape index (κ3) is 3.10. The summed E-state index contributed by atoms with van der Waals surface area (Å²) in [5.74, 6) is 2.55. The van der Waals surface area contributed by atoms with Crippen molar-refractivity contribution in [2.24, 2.45) is 52.3 Å². The molecule has 3 nitrogen and oxygen atoms in total. The van der Waals surface area contributed by atoms with Crippen molar-refractivity contribution in [3.8, 4) is 0 Å². The van der Waals surface area contributed by atoms with E-state index in [1.165, 1.54) is 32.0 Å². The van der Waals surface area contributed by atoms with Gasteiger partial charge in [0.1, 0.15) is 12.1 Å². The van der Waals surface area contributed by atoms with Gasteiger partial charge in [-0.05, 0) is 85.4 Å². The molecule has 3 heteroatoms. The summed E-state index contributed by atoms with van der Waals surface area (Å²) < 4.78 is 0. The Labute approximate surface area is 192 Å². The molecule has 0 N–H and O–H groups in total. The van der Waals surface area contributed by atoms with Gasteiger partial charge in [-0.1, -0.05) is 51.1 Å². The molecule has 172 valence electrons. The second kappa shape index (κ2) is 7.92. The molecule has 0 heterocycles. The highest BCUT2D eigenvalue weighted by Crippen LogP contribution is 2.68. The lowest BCUT2D eigenvalue weighted by Gasteiger charge is -2.61. The molecule has 0 bridgehead atoms. The van der Waals surface area contributed by atoms with E-state index in [0.29, 0.717) is 35.7 Å². The minimum Gasteiger partial charge on any atom is -0.303 e. The fourth-order valence-electron chi connectivity index (χ4n) is 9.29. The van der Waals surface area contributed by atoms with Crippen LogP contribution in [0.15, 0.2) is 30.3 Å². The van der Waals surface area contributed by atoms with Crippen LogP contribution in [0.1, 0.15) is 82.5 Å². The van der Waals surface area contributed by atoms with E-state index in [0.717, 1.165) is 19.3 Å². The quantitative estimate of drug-likeness (QED) is 0.324. The van der Waals surface area contributed by atoms with E-state index < -0.39 is 5.92 Å². The van der Waals surface area contributed by atoms with Gasteiger partial charge in [0.25, 0.3) is 0 Å². The van der Waals surface area contributed by atoms with Crippen LogP contribution in [0.4, 0.5) is 0 Å². The molecule has 0 spiro atoms. The molecule has 1 aromatic carbocycles. The first-order valence-corrected chi connectivity index (χ1v) is 12.9. The summed E-state index contributed by atoms with van der Waals surface area (Å²) in [5.41, 5.74) is 1.03. The third-order valence-corrected chi connectivity index (χ3v) is 10.9. The Morgan fingerprint density at radius 1 is 0.938 bits per heavy atom. The van der Waals surface area contributed by atoms with Gasteiger partial charge in [0.15, 0.2) is 5.78 Å². The van der Waals surface area contributed by atoms with Crippen molar-refractivity contribution >= 4 is 17.9 Å². The van der Waals surface area contributed by atoms with E-state index in [4.69, 9.17) is 0 Å². The summed E-state index contributed by atoms with van der Waals surface area (Å²) in [6.45, 7) is 6.99. The summed E-state index contributed by atoms with van der Waals surface area (Å²) >= 11 is 0. The fourth-order valence-corrected chi connectivity index (χ4v) is 9.29. The number of hydrogen-bond acceptors (Lipinski definition) is 3. The Hall–Kier alpha value is -1.77. The highest BCUT2D eigenvalue weighted by atomic mass is 16.2. The monoisotopic (exact) mass is 434 g/mol. The summed E-state index contributed by atoms with van der Waals surface area (Å²) in [5, 5.41) is 0. The zero-order chi connectivity index (χ0) is 22.7. The molecule has 4 aliphatic carbocycles. The molecule has 4 saturated carbocycles. The molecule has 0 saturated heterocycles. The second-order valence-electron chi connectivity index (χ2n) is 12.0. The Kier molecular flexibility index (Phi) is 5.46. The van der Waals surface area contributed by atoms with E-state index in [1.54, 1.807) is 0 Å². The Balaban J connectivity index is 1.44. The van der Waals surface area contributed by atoms with E-state index in [-0.39, 0.29) is 34.2 Å². The van der Waals surface area contributed by atoms with Crippen molar-refractivity contribution in [3.63, 3.8) is 0 Å². The Morgan fingerprint density at radius 2 is 1.62 bits per heavy atom. The summed E-state index contributed by atoms with van der Waals surface area (Å²) in [7, 11) is 0. The largest absolute Gasteiger partial charge is 0.303 e. The molecule has 1 unspecified atom stereocenters. The molecule has 0 aromatic heterocycles. The van der Waals surface area contributed by atoms with E-state index >= 15 is 0 Å². The lowest BCUT2D eigenvalue weighted by atomic mass is 9.43. The highest BCUT2D eigenvalue weighted by Gasteiger charge is 2.62. The number of carbonyl (C=O) groups is 3. The van der Waals surface area contributed by atoms with Crippen molar-refractivity contribution in [1.29, 1.82) is 0 Å². The number of Topliss-reactive ketones (excluding diaryl/α,β-unsaturated/α-hetero) is 2. The van der Waals surface area contributed by atoms with Crippen LogP contribution in [-0.4, -0.2) is 17.9 Å². The zero-order valence-electron chi connectivity index (χ0n) is 19.9. The molecular formula is C29H38O3. The number of aldehydes is 1. The Bertz CT molecular complexity index is 906. The van der Waals surface area contributed by atoms with Crippen molar-refractivity contribution in [2.75, 3.05) is 0 Å². The molecule has 32 heavy (non-hydrogen) atoms. The predicted molar refractivity (Wildman–Crippen MR) is 125 cm³/mol. The van der Waals surface area contributed by atoms with Gasteiger partial charge in [0.05, 0.1) is 5.92 Å². The number of benzene rings is 1. The van der Waals surface area contributed by atoms with Crippen molar-refractivity contribution in [1.82, 2.24) is 0 Å². The lowest BCUT2D eigenvalue weighted by Crippen LogP contribution is -2.57. The van der Waals surface area contributed by atoms with Crippen LogP contribution in [0.2, 0.25) is 0 Å². The first-order chi connectivity index (χ1) is 15.3. The van der Waals surface area contributed by atoms with Gasteiger partial charge < -0.3 is 4.79 Å². The van der Waals surface area contributed by atoms with Gasteiger partial charge in [0.2, 0.25) is 0 Å². The van der Waals surface area contributed by atoms with Crippen LogP contribution in [0.5, 0.6) is 0 Å². The van der Waals surface area contributed by atoms with Crippen LogP contribution in [0.3, 0.4) is 0 Å². The molecule has 4 aliphatic rings. The van der Waals surface area contributed by atoms with Gasteiger partial charge >= 0.3 is 0 Å². The zero-order valence-corrected chi connectivity index (χ0v) is 19.9. The molecule has 5 rings (SSSR count). The predicted octanol–water partition coefficient (Wildman–Crippen LogP) is 6.16. The van der Waals surface area contributed by atoms with Crippen LogP contribution >= 0.6 is 0 Å². The van der Waals surface area contributed by atoms with Gasteiger partial charge in [-0.15, -0.1) is 0 Å². The molecule has 0 aliphatic heterocycles. The van der Waals surface area contributed by atoms with E-state index in [9.17, 15) is 14.4 Å². The van der Waals surface area contributed by atoms with Crippen LogP contribution < -0.4 is 0 Å². The molecule has 1 aromatic rings. The Morgan fingerprint density at radius 3 is 2.34 bits per heavy atom. The van der Waals surface area contributed by atoms with Crippen LogP contribution in [0, 0.1) is 52.3 Å². The molecule has 0 radical (unpaired) electrons. The fraction of sp³-hybridized carbons (Fsp3) is 0.690. The lowest BCUT2D eigenvalue weighted by molar-refractivity contribution is -0.148. The van der Waals surface area contributed by atoms with Gasteiger partial charge in [0, 0.05) is 17.9 Å². The molecular weight excluding hydrogens is 396 g/mol. The molecule has 0 amide bonds. The van der Waals surface area contributed by atoms with Gasteiger partial charge in [-0.3, -0.25) is 9.59 Å². The van der Waals surface area contributed by atoms with Crippen molar-refractivity contribution in [3.05, 3.63) is 35.9 Å². The minimum absolute atomic E-state index is 0.0476. The van der Waals surface area contributed by atoms with E-state index in [2.05, 4.69) is 20.8 Å². The number of hydrogen-bond donors (Lipinski definition) is 0. The summed E-state index contributed by atoms with van der Waals surface area (Å²) in [6, 6.07) is 9.46. The average molecular weight is 435 g/mol. The highest BCUT2D eigenvalue weighted by molar-refractivity contribution is 6.11. The summed E-state index contributed by atoms with van der Waals surface area (Å²) in [6.07, 6.45) is 9.59. The molecule has 9 atom stereocenters. The number of carbonyl (C=O) groups excluding carboxylic acids is 3. The average Bonchev–Trinajstić information content (AvgIpc) is 3.16. The minimum atomic E-state index is -0.461. The topological polar surface area (TPSA) is 51.2 Å². The van der Waals surface area contributed by atoms with Crippen molar-refractivity contribution in [2.45, 2.75) is 72.1 Å². The standard InChI is InChI=1S/C29H38O3/c1-18(17-30)21-11-12-22-20-9-10-24-26(27(32)19-7-5-4-6-8-19)25(31)14-16-29(24,3)23(20)13-15-28(21,22)2/h4-8,17-18,20-24,26H,9-16H2,1-3H3/t18-,20-,21+,22-,23-,24-,26?,28+,29+/m0/s1. The number of ketones is 2. The van der Waals surface area contributed by atoms with E-state index in [1.807, 2.05) is 30.3 Å². The second-order valence-corrected chi connectivity index (χ2v) is 12.0. The number of rotatable bonds is 4. The maximum absolute atomic E-state index is 13.5. The smallest absolute Gasteiger partial charge is 0.173 e. The van der Waals surface area contributed by atoms with Crippen LogP contribution in [-0.2, 0) is 9.59 Å². The van der Waals surface area contributed by atoms with Gasteiger partial charge in [-0.2, -0.15) is 0 Å². The van der Waals surface area contributed by atoms with Crippen LogP contribution in [0.25, 0.3) is 0 Å². The van der Waals surface area contributed by atoms with Gasteiger partial charge in [-0.25, -0.2) is 0 Å². The SMILES string of the molecule is C[C@@H](C=O)[C@H]1CC[C@H]2[C@@H]3CC[C@H]4C(C(=O)c5ccccc5)C(=O)CC[C@]4(C)[C@H]3CC[C@]12C. The summed E-state index contributed by atoms with van der Waals surface area (Å²) in [4.78, 5) is 38.2. The maximum atomic E-state index is 13.5. The maximum Gasteiger partial charge on any atom is 0.173 e. The first-order valence-electron chi connectivity index (χ1n) is 12.9. The normalized spacial score (nSPS) is 44.2. The molecule has 4 fully saturated rings. The van der Waals surface area contributed by atoms with Crippen molar-refractivity contribution < 1.29 is 14.4 Å². The number of fused-ring (bicyclic) bond motifs is 5. The third-order valence-electron chi connectivity index (χ3n) is 10.9.